The van der Waals surface area contributed by atoms with E-state index >= 15 is 0 Å². The third kappa shape index (κ3) is 3.02. The Kier molecular flexibility index (Phi) is 4.22. The van der Waals surface area contributed by atoms with E-state index < -0.39 is 0 Å². The minimum Gasteiger partial charge on any atom is -0.369 e. The third-order valence-corrected chi connectivity index (χ3v) is 3.61. The van der Waals surface area contributed by atoms with Crippen LogP contribution in [0.2, 0.25) is 0 Å². The van der Waals surface area contributed by atoms with Crippen LogP contribution in [0.4, 0.5) is 5.69 Å². The van der Waals surface area contributed by atoms with E-state index in [9.17, 15) is 0 Å². The van der Waals surface area contributed by atoms with E-state index in [0.717, 1.165) is 32.7 Å². The molecule has 3 heteroatoms. The molecule has 1 aliphatic rings. The Morgan fingerprint density at radius 3 is 2.56 bits per heavy atom. The van der Waals surface area contributed by atoms with Gasteiger partial charge in [-0.2, -0.15) is 0 Å². The fourth-order valence-electron chi connectivity index (χ4n) is 2.46. The molecule has 1 fully saturated rings. The van der Waals surface area contributed by atoms with Gasteiger partial charge in [-0.1, -0.05) is 12.1 Å². The Balaban J connectivity index is 1.97. The zero-order chi connectivity index (χ0) is 13.0. The fraction of sp³-hybridized carbons (Fsp3) is 0.533. The number of hydrogen-bond donors (Lipinski definition) is 0. The average Bonchev–Trinajstić information content (AvgIpc) is 2.40. The van der Waals surface area contributed by atoms with Gasteiger partial charge in [-0.05, 0) is 31.0 Å². The quantitative estimate of drug-likeness (QED) is 0.755. The highest BCUT2D eigenvalue weighted by atomic mass is 15.3. The van der Waals surface area contributed by atoms with E-state index in [1.54, 1.807) is 0 Å². The predicted octanol–water partition coefficient (Wildman–Crippen LogP) is 2.34. The van der Waals surface area contributed by atoms with Gasteiger partial charge < -0.3 is 9.74 Å². The molecule has 1 aromatic carbocycles. The van der Waals surface area contributed by atoms with Crippen molar-refractivity contribution in [2.24, 2.45) is 0 Å². The van der Waals surface area contributed by atoms with E-state index in [2.05, 4.69) is 46.7 Å². The molecule has 0 aliphatic carbocycles. The van der Waals surface area contributed by atoms with Gasteiger partial charge in [-0.25, -0.2) is 6.57 Å². The maximum atomic E-state index is 6.84. The molecule has 0 spiro atoms. The van der Waals surface area contributed by atoms with Crippen molar-refractivity contribution in [3.05, 3.63) is 40.7 Å². The Hall–Kier alpha value is -1.53. The van der Waals surface area contributed by atoms with Gasteiger partial charge in [0.15, 0.2) is 0 Å². The maximum Gasteiger partial charge on any atom is 0.227 e. The molecule has 1 heterocycles. The van der Waals surface area contributed by atoms with Crippen molar-refractivity contribution >= 4 is 5.69 Å². The normalized spacial score (nSPS) is 16.6. The van der Waals surface area contributed by atoms with Crippen molar-refractivity contribution in [1.82, 2.24) is 4.90 Å². The number of anilines is 1. The van der Waals surface area contributed by atoms with Crippen LogP contribution in [-0.2, 0) is 0 Å². The second kappa shape index (κ2) is 5.88. The van der Waals surface area contributed by atoms with Gasteiger partial charge >= 0.3 is 0 Å². The zero-order valence-corrected chi connectivity index (χ0v) is 11.3. The highest BCUT2D eigenvalue weighted by molar-refractivity contribution is 5.55. The van der Waals surface area contributed by atoms with Crippen molar-refractivity contribution < 1.29 is 0 Å². The monoisotopic (exact) mass is 243 g/mol. The lowest BCUT2D eigenvalue weighted by Crippen LogP contribution is -2.47. The standard InChI is InChI=1S/C15H21N3/c1-13-4-5-14(2)15(12-13)18-10-8-17(9-11-18)7-6-16-3/h4-5,12H,6-11H2,1-2H3. The number of piperazine rings is 1. The lowest BCUT2D eigenvalue weighted by molar-refractivity contribution is 0.269. The molecule has 18 heavy (non-hydrogen) atoms. The minimum atomic E-state index is 0.628. The van der Waals surface area contributed by atoms with Crippen molar-refractivity contribution in [1.29, 1.82) is 0 Å². The number of nitrogens with zero attached hydrogens (tertiary/aromatic N) is 3. The van der Waals surface area contributed by atoms with Crippen LogP contribution in [0.5, 0.6) is 0 Å². The highest BCUT2D eigenvalue weighted by Gasteiger charge is 2.18. The molecule has 0 radical (unpaired) electrons. The third-order valence-electron chi connectivity index (χ3n) is 3.61. The zero-order valence-electron chi connectivity index (χ0n) is 11.3. The lowest BCUT2D eigenvalue weighted by atomic mass is 10.1. The summed E-state index contributed by atoms with van der Waals surface area (Å²) in [5.41, 5.74) is 4.06. The summed E-state index contributed by atoms with van der Waals surface area (Å²) < 4.78 is 0. The molecule has 2 rings (SSSR count). The molecule has 3 nitrogen and oxygen atoms in total. The lowest BCUT2D eigenvalue weighted by Gasteiger charge is -2.36. The number of hydrogen-bond acceptors (Lipinski definition) is 2. The first-order chi connectivity index (χ1) is 8.70. The van der Waals surface area contributed by atoms with Gasteiger partial charge in [-0.3, -0.25) is 4.90 Å². The number of rotatable bonds is 3. The molecule has 1 aliphatic heterocycles. The second-order valence-corrected chi connectivity index (χ2v) is 5.00. The Morgan fingerprint density at radius 2 is 1.89 bits per heavy atom. The van der Waals surface area contributed by atoms with Crippen LogP contribution >= 0.6 is 0 Å². The number of aryl methyl sites for hydroxylation is 2. The first-order valence-corrected chi connectivity index (χ1v) is 6.58. The van der Waals surface area contributed by atoms with Gasteiger partial charge in [0.2, 0.25) is 6.54 Å². The summed E-state index contributed by atoms with van der Waals surface area (Å²) in [5, 5.41) is 0. The van der Waals surface area contributed by atoms with Gasteiger partial charge in [0.25, 0.3) is 0 Å². The van der Waals surface area contributed by atoms with E-state index in [1.807, 2.05) is 0 Å². The summed E-state index contributed by atoms with van der Waals surface area (Å²) in [5.74, 6) is 0. The van der Waals surface area contributed by atoms with Crippen LogP contribution in [0.3, 0.4) is 0 Å². The Bertz CT molecular complexity index is 440. The van der Waals surface area contributed by atoms with Crippen molar-refractivity contribution in [3.8, 4) is 0 Å². The molecule has 96 valence electrons. The molecule has 0 unspecified atom stereocenters. The van der Waals surface area contributed by atoms with Crippen LogP contribution in [0.1, 0.15) is 11.1 Å². The SMILES string of the molecule is [C-]#[N+]CCN1CCN(c2cc(C)ccc2C)CC1. The molecule has 0 N–H and O–H groups in total. The summed E-state index contributed by atoms with van der Waals surface area (Å²) in [4.78, 5) is 8.28. The second-order valence-electron chi connectivity index (χ2n) is 5.00. The molecule has 0 aromatic heterocycles. The van der Waals surface area contributed by atoms with Crippen LogP contribution in [0, 0.1) is 20.4 Å². The average molecular weight is 243 g/mol. The van der Waals surface area contributed by atoms with Gasteiger partial charge in [0, 0.05) is 31.9 Å². The van der Waals surface area contributed by atoms with Crippen molar-refractivity contribution in [2.75, 3.05) is 44.2 Å². The Morgan fingerprint density at radius 1 is 1.17 bits per heavy atom. The fourth-order valence-corrected chi connectivity index (χ4v) is 2.46. The van der Waals surface area contributed by atoms with Crippen LogP contribution in [-0.4, -0.2) is 44.2 Å². The smallest absolute Gasteiger partial charge is 0.227 e. The van der Waals surface area contributed by atoms with Crippen LogP contribution in [0.25, 0.3) is 4.85 Å². The molecule has 0 atom stereocenters. The minimum absolute atomic E-state index is 0.628. The van der Waals surface area contributed by atoms with Gasteiger partial charge in [0.05, 0.1) is 6.54 Å². The maximum absolute atomic E-state index is 6.84. The summed E-state index contributed by atoms with van der Waals surface area (Å²) >= 11 is 0. The van der Waals surface area contributed by atoms with E-state index in [1.165, 1.54) is 16.8 Å². The highest BCUT2D eigenvalue weighted by Crippen LogP contribution is 2.22. The predicted molar refractivity (Wildman–Crippen MR) is 76.0 cm³/mol. The first kappa shape index (κ1) is 12.9. The molecular formula is C15H21N3. The Labute approximate surface area is 110 Å². The topological polar surface area (TPSA) is 10.8 Å². The number of benzene rings is 1. The van der Waals surface area contributed by atoms with Crippen molar-refractivity contribution in [3.63, 3.8) is 0 Å². The van der Waals surface area contributed by atoms with E-state index in [-0.39, 0.29) is 0 Å². The van der Waals surface area contributed by atoms with Crippen LogP contribution < -0.4 is 4.90 Å². The summed E-state index contributed by atoms with van der Waals surface area (Å²) in [7, 11) is 0. The van der Waals surface area contributed by atoms with E-state index in [4.69, 9.17) is 6.57 Å². The molecule has 0 bridgehead atoms. The molecule has 1 aromatic rings. The largest absolute Gasteiger partial charge is 0.369 e. The van der Waals surface area contributed by atoms with E-state index in [0.29, 0.717) is 6.54 Å². The molecular weight excluding hydrogens is 222 g/mol. The summed E-state index contributed by atoms with van der Waals surface area (Å²) in [6, 6.07) is 6.66. The molecule has 1 saturated heterocycles. The van der Waals surface area contributed by atoms with Gasteiger partial charge in [-0.15, -0.1) is 0 Å². The first-order valence-electron chi connectivity index (χ1n) is 6.58. The van der Waals surface area contributed by atoms with Crippen LogP contribution in [0.15, 0.2) is 18.2 Å². The van der Waals surface area contributed by atoms with Crippen molar-refractivity contribution in [2.45, 2.75) is 13.8 Å². The molecule has 0 saturated carbocycles. The van der Waals surface area contributed by atoms with Gasteiger partial charge in [0.1, 0.15) is 0 Å². The summed E-state index contributed by atoms with van der Waals surface area (Å²) in [6.07, 6.45) is 0. The summed E-state index contributed by atoms with van der Waals surface area (Å²) in [6.45, 7) is 17.0. The molecule has 0 amide bonds.